The van der Waals surface area contributed by atoms with Crippen molar-refractivity contribution in [3.8, 4) is 11.5 Å². The minimum absolute atomic E-state index is 0.00592. The molecule has 0 fully saturated rings. The number of benzene rings is 2. The third kappa shape index (κ3) is 4.54. The highest BCUT2D eigenvalue weighted by Crippen LogP contribution is 2.36. The molecular weight excluding hydrogens is 471 g/mol. The summed E-state index contributed by atoms with van der Waals surface area (Å²) in [5, 5.41) is 0. The van der Waals surface area contributed by atoms with Gasteiger partial charge in [0.25, 0.3) is 5.56 Å². The van der Waals surface area contributed by atoms with Crippen molar-refractivity contribution in [2.75, 3.05) is 20.8 Å². The van der Waals surface area contributed by atoms with E-state index in [9.17, 15) is 14.0 Å². The molecule has 9 heteroatoms. The van der Waals surface area contributed by atoms with Gasteiger partial charge in [0.15, 0.2) is 16.3 Å². The van der Waals surface area contributed by atoms with E-state index in [2.05, 4.69) is 11.6 Å². The molecule has 0 amide bonds. The number of allylic oxidation sites excluding steroid dienone is 1. The molecule has 1 aliphatic heterocycles. The number of fused-ring (bicyclic) bond motifs is 1. The molecule has 1 unspecified atom stereocenters. The van der Waals surface area contributed by atoms with Gasteiger partial charge < -0.3 is 14.2 Å². The maximum atomic E-state index is 14.3. The fraction of sp³-hybridized carbons (Fsp3) is 0.192. The molecule has 0 saturated heterocycles. The van der Waals surface area contributed by atoms with Gasteiger partial charge in [0.2, 0.25) is 0 Å². The number of methoxy groups -OCH3 is 2. The van der Waals surface area contributed by atoms with E-state index in [0.717, 1.165) is 11.3 Å². The number of aromatic nitrogens is 1. The van der Waals surface area contributed by atoms with Crippen LogP contribution < -0.4 is 24.4 Å². The zero-order valence-electron chi connectivity index (χ0n) is 19.4. The Morgan fingerprint density at radius 1 is 1.20 bits per heavy atom. The number of hydrogen-bond acceptors (Lipinski definition) is 7. The van der Waals surface area contributed by atoms with Crippen LogP contribution in [0.15, 0.2) is 76.2 Å². The number of thiazole rings is 1. The van der Waals surface area contributed by atoms with E-state index in [-0.39, 0.29) is 22.3 Å². The van der Waals surface area contributed by atoms with Crippen molar-refractivity contribution < 1.29 is 23.4 Å². The van der Waals surface area contributed by atoms with Crippen LogP contribution in [0, 0.1) is 5.82 Å². The molecule has 35 heavy (non-hydrogen) atoms. The van der Waals surface area contributed by atoms with Crippen LogP contribution in [0.1, 0.15) is 24.1 Å². The van der Waals surface area contributed by atoms with E-state index < -0.39 is 23.4 Å². The molecule has 180 valence electrons. The van der Waals surface area contributed by atoms with E-state index >= 15 is 0 Å². The predicted molar refractivity (Wildman–Crippen MR) is 131 cm³/mol. The maximum Gasteiger partial charge on any atom is 0.338 e. The van der Waals surface area contributed by atoms with E-state index in [4.69, 9.17) is 14.2 Å². The van der Waals surface area contributed by atoms with Crippen molar-refractivity contribution in [2.24, 2.45) is 4.99 Å². The van der Waals surface area contributed by atoms with Crippen LogP contribution in [0.5, 0.6) is 11.5 Å². The fourth-order valence-electron chi connectivity index (χ4n) is 3.87. The zero-order valence-corrected chi connectivity index (χ0v) is 20.2. The molecule has 0 aliphatic carbocycles. The average Bonchev–Trinajstić information content (AvgIpc) is 3.16. The Morgan fingerprint density at radius 2 is 1.94 bits per heavy atom. The smallest absolute Gasteiger partial charge is 0.338 e. The van der Waals surface area contributed by atoms with Gasteiger partial charge in [0.05, 0.1) is 36.1 Å². The minimum atomic E-state index is -0.842. The van der Waals surface area contributed by atoms with Crippen LogP contribution in [0.3, 0.4) is 0 Å². The second-order valence-corrected chi connectivity index (χ2v) is 8.61. The number of hydrogen-bond donors (Lipinski definition) is 0. The summed E-state index contributed by atoms with van der Waals surface area (Å²) in [7, 11) is 3.02. The van der Waals surface area contributed by atoms with E-state index in [1.807, 2.05) is 0 Å². The molecular formula is C26H23FN2O5S. The van der Waals surface area contributed by atoms with Gasteiger partial charge in [-0.3, -0.25) is 9.36 Å². The van der Waals surface area contributed by atoms with Crippen LogP contribution in [0.25, 0.3) is 6.08 Å². The SMILES string of the molecule is C=CCOC(=O)C1=C(C)N=c2sc(=Cc3ccccc3F)c(=O)n2C1c1ccc(OC)c(OC)c1. The van der Waals surface area contributed by atoms with Crippen LogP contribution in [0.4, 0.5) is 4.39 Å². The molecule has 0 spiro atoms. The van der Waals surface area contributed by atoms with Gasteiger partial charge in [-0.1, -0.05) is 48.3 Å². The fourth-order valence-corrected chi connectivity index (χ4v) is 4.90. The van der Waals surface area contributed by atoms with Gasteiger partial charge in [-0.15, -0.1) is 0 Å². The Bertz CT molecular complexity index is 1520. The summed E-state index contributed by atoms with van der Waals surface area (Å²) < 4.78 is 32.1. The lowest BCUT2D eigenvalue weighted by molar-refractivity contribution is -0.138. The van der Waals surface area contributed by atoms with Gasteiger partial charge in [-0.25, -0.2) is 14.2 Å². The Morgan fingerprint density at radius 3 is 2.63 bits per heavy atom. The summed E-state index contributed by atoms with van der Waals surface area (Å²) in [6, 6.07) is 10.5. The molecule has 1 atom stereocenters. The Hall–Kier alpha value is -3.98. The van der Waals surface area contributed by atoms with Gasteiger partial charge >= 0.3 is 5.97 Å². The topological polar surface area (TPSA) is 79.1 Å². The van der Waals surface area contributed by atoms with Crippen molar-refractivity contribution >= 4 is 23.4 Å². The lowest BCUT2D eigenvalue weighted by Gasteiger charge is -2.25. The summed E-state index contributed by atoms with van der Waals surface area (Å²) in [6.45, 7) is 5.27. The zero-order chi connectivity index (χ0) is 25.1. The first-order chi connectivity index (χ1) is 16.9. The molecule has 0 radical (unpaired) electrons. The molecule has 1 aliphatic rings. The first-order valence-electron chi connectivity index (χ1n) is 10.7. The molecule has 0 saturated carbocycles. The van der Waals surface area contributed by atoms with Crippen molar-refractivity contribution in [1.29, 1.82) is 0 Å². The molecule has 4 rings (SSSR count). The molecule has 2 heterocycles. The molecule has 7 nitrogen and oxygen atoms in total. The highest BCUT2D eigenvalue weighted by Gasteiger charge is 2.34. The number of rotatable bonds is 7. The number of nitrogens with zero attached hydrogens (tertiary/aromatic N) is 2. The van der Waals surface area contributed by atoms with Crippen LogP contribution in [0.2, 0.25) is 0 Å². The Kier molecular flexibility index (Phi) is 6.97. The number of carbonyl (C=O) groups excluding carboxylic acids is 1. The third-order valence-corrected chi connectivity index (χ3v) is 6.47. The van der Waals surface area contributed by atoms with Gasteiger partial charge in [-0.2, -0.15) is 0 Å². The lowest BCUT2D eigenvalue weighted by atomic mass is 9.95. The number of ether oxygens (including phenoxy) is 3. The van der Waals surface area contributed by atoms with Gasteiger partial charge in [0.1, 0.15) is 12.4 Å². The predicted octanol–water partition coefficient (Wildman–Crippen LogP) is 3.12. The summed E-state index contributed by atoms with van der Waals surface area (Å²) in [6.07, 6.45) is 2.95. The average molecular weight is 495 g/mol. The minimum Gasteiger partial charge on any atom is -0.493 e. The van der Waals surface area contributed by atoms with Crippen LogP contribution in [-0.2, 0) is 9.53 Å². The molecule has 0 bridgehead atoms. The molecule has 2 aromatic carbocycles. The lowest BCUT2D eigenvalue weighted by Crippen LogP contribution is -2.40. The number of esters is 1. The monoisotopic (exact) mass is 494 g/mol. The Balaban J connectivity index is 1.97. The molecule has 0 N–H and O–H groups in total. The number of halogens is 1. The first-order valence-corrected chi connectivity index (χ1v) is 11.5. The quantitative estimate of drug-likeness (QED) is 0.373. The second kappa shape index (κ2) is 10.1. The maximum absolute atomic E-state index is 14.3. The normalized spacial score (nSPS) is 15.3. The van der Waals surface area contributed by atoms with Crippen LogP contribution >= 0.6 is 11.3 Å². The van der Waals surface area contributed by atoms with Gasteiger partial charge in [-0.05, 0) is 36.8 Å². The molecule has 3 aromatic rings. The molecule has 1 aromatic heterocycles. The van der Waals surface area contributed by atoms with E-state index in [1.165, 1.54) is 37.0 Å². The van der Waals surface area contributed by atoms with Crippen molar-refractivity contribution in [3.63, 3.8) is 0 Å². The second-order valence-electron chi connectivity index (χ2n) is 7.60. The summed E-state index contributed by atoms with van der Waals surface area (Å²) >= 11 is 1.12. The van der Waals surface area contributed by atoms with Crippen molar-refractivity contribution in [1.82, 2.24) is 4.57 Å². The Labute approximate surface area is 204 Å². The first kappa shape index (κ1) is 24.2. The summed E-state index contributed by atoms with van der Waals surface area (Å²) in [5.74, 6) is -0.124. The highest BCUT2D eigenvalue weighted by molar-refractivity contribution is 7.07. The largest absolute Gasteiger partial charge is 0.493 e. The summed E-state index contributed by atoms with van der Waals surface area (Å²) in [5.41, 5.74) is 1.10. The van der Waals surface area contributed by atoms with Crippen molar-refractivity contribution in [2.45, 2.75) is 13.0 Å². The standard InChI is InChI=1S/C26H23FN2O5S/c1-5-12-34-25(31)22-15(2)28-26-29(23(22)17-10-11-19(32-3)20(13-17)33-4)24(30)21(35-26)14-16-8-6-7-9-18(16)27/h5-11,13-14,23H,1,12H2,2-4H3. The third-order valence-electron chi connectivity index (χ3n) is 5.49. The van der Waals surface area contributed by atoms with Crippen LogP contribution in [-0.4, -0.2) is 31.4 Å². The van der Waals surface area contributed by atoms with E-state index in [1.54, 1.807) is 43.3 Å². The van der Waals surface area contributed by atoms with Crippen molar-refractivity contribution in [3.05, 3.63) is 103 Å². The summed E-state index contributed by atoms with van der Waals surface area (Å²) in [4.78, 5) is 31.6. The van der Waals surface area contributed by atoms with E-state index in [0.29, 0.717) is 27.6 Å². The highest BCUT2D eigenvalue weighted by atomic mass is 32.1. The number of carbonyl (C=O) groups is 1. The van der Waals surface area contributed by atoms with Gasteiger partial charge in [0, 0.05) is 5.56 Å².